The summed E-state index contributed by atoms with van der Waals surface area (Å²) >= 11 is 0. The molecule has 1 unspecified atom stereocenters. The van der Waals surface area contributed by atoms with E-state index < -0.39 is 0 Å². The molecule has 0 aliphatic carbocycles. The van der Waals surface area contributed by atoms with Crippen LogP contribution < -0.4 is 5.32 Å². The lowest BCUT2D eigenvalue weighted by molar-refractivity contribution is 0.0906. The average molecular weight is 513 g/mol. The van der Waals surface area contributed by atoms with Crippen molar-refractivity contribution >= 4 is 29.9 Å². The van der Waals surface area contributed by atoms with E-state index in [2.05, 4.69) is 27.3 Å². The van der Waals surface area contributed by atoms with Crippen LogP contribution in [0.25, 0.3) is 0 Å². The summed E-state index contributed by atoms with van der Waals surface area (Å²) in [7, 11) is 1.84. The van der Waals surface area contributed by atoms with Crippen LogP contribution in [0.1, 0.15) is 24.2 Å². The van der Waals surface area contributed by atoms with Gasteiger partial charge in [0.05, 0.1) is 19.5 Å². The molecule has 3 rings (SSSR count). The summed E-state index contributed by atoms with van der Waals surface area (Å²) in [5.41, 5.74) is 1.23. The van der Waals surface area contributed by atoms with Crippen LogP contribution in [0, 0.1) is 5.92 Å². The fraction of sp³-hybridized carbons (Fsp3) is 0.500. The lowest BCUT2D eigenvalue weighted by Crippen LogP contribution is -2.40. The van der Waals surface area contributed by atoms with Crippen molar-refractivity contribution in [2.45, 2.75) is 26.1 Å². The van der Waals surface area contributed by atoms with Crippen LogP contribution in [0.5, 0.6) is 0 Å². The van der Waals surface area contributed by atoms with Crippen LogP contribution in [0.4, 0.5) is 0 Å². The highest BCUT2D eigenvalue weighted by molar-refractivity contribution is 14.0. The van der Waals surface area contributed by atoms with Crippen molar-refractivity contribution in [3.05, 3.63) is 60.1 Å². The van der Waals surface area contributed by atoms with E-state index in [1.54, 1.807) is 6.26 Å². The van der Waals surface area contributed by atoms with Gasteiger partial charge in [-0.15, -0.1) is 24.0 Å². The third kappa shape index (κ3) is 8.36. The zero-order valence-electron chi connectivity index (χ0n) is 17.1. The average Bonchev–Trinajstić information content (AvgIpc) is 3.41. The number of benzene rings is 1. The normalized spacial score (nSPS) is 16.7. The standard InChI is InChI=1S/C22H31N3O3.HI/c1-23-22(24-11-6-13-26-18-21-9-5-14-28-21)25-12-10-20(15-25)17-27-16-19-7-3-2-4-8-19;/h2-5,7-9,14,20H,6,10-13,15-18H2,1H3,(H,23,24);1H. The molecule has 6 nitrogen and oxygen atoms in total. The Morgan fingerprint density at radius 1 is 1.17 bits per heavy atom. The molecule has 1 saturated heterocycles. The Morgan fingerprint density at radius 2 is 2.03 bits per heavy atom. The van der Waals surface area contributed by atoms with Crippen molar-refractivity contribution in [3.8, 4) is 0 Å². The minimum Gasteiger partial charge on any atom is -0.467 e. The van der Waals surface area contributed by atoms with Crippen LogP contribution in [0.15, 0.2) is 58.1 Å². The molecule has 1 aromatic carbocycles. The fourth-order valence-electron chi connectivity index (χ4n) is 3.35. The number of hydrogen-bond donors (Lipinski definition) is 1. The van der Waals surface area contributed by atoms with Crippen LogP contribution in [-0.2, 0) is 22.7 Å². The highest BCUT2D eigenvalue weighted by Crippen LogP contribution is 2.17. The highest BCUT2D eigenvalue weighted by atomic mass is 127. The van der Waals surface area contributed by atoms with Crippen molar-refractivity contribution in [3.63, 3.8) is 0 Å². The maximum Gasteiger partial charge on any atom is 0.193 e. The lowest BCUT2D eigenvalue weighted by Gasteiger charge is -2.21. The number of nitrogens with zero attached hydrogens (tertiary/aromatic N) is 2. The summed E-state index contributed by atoms with van der Waals surface area (Å²) in [6.07, 6.45) is 3.74. The summed E-state index contributed by atoms with van der Waals surface area (Å²) in [5, 5.41) is 3.44. The number of nitrogens with one attached hydrogen (secondary N) is 1. The summed E-state index contributed by atoms with van der Waals surface area (Å²) < 4.78 is 16.8. The maximum absolute atomic E-state index is 5.91. The van der Waals surface area contributed by atoms with Crippen LogP contribution in [0.3, 0.4) is 0 Å². The second-order valence-corrected chi connectivity index (χ2v) is 7.06. The molecule has 0 bridgehead atoms. The summed E-state index contributed by atoms with van der Waals surface area (Å²) in [5.74, 6) is 2.39. The second kappa shape index (κ2) is 13.6. The maximum atomic E-state index is 5.91. The minimum atomic E-state index is 0. The first-order chi connectivity index (χ1) is 13.8. The van der Waals surface area contributed by atoms with E-state index in [0.717, 1.165) is 50.8 Å². The van der Waals surface area contributed by atoms with Gasteiger partial charge < -0.3 is 24.1 Å². The second-order valence-electron chi connectivity index (χ2n) is 7.06. The third-order valence-electron chi connectivity index (χ3n) is 4.84. The number of ether oxygens (including phenoxy) is 2. The van der Waals surface area contributed by atoms with Crippen LogP contribution in [-0.4, -0.2) is 50.8 Å². The van der Waals surface area contributed by atoms with E-state index >= 15 is 0 Å². The molecule has 0 spiro atoms. The Labute approximate surface area is 190 Å². The van der Waals surface area contributed by atoms with Gasteiger partial charge in [-0.05, 0) is 30.5 Å². The molecule has 1 fully saturated rings. The van der Waals surface area contributed by atoms with Gasteiger partial charge in [0.15, 0.2) is 5.96 Å². The Balaban J connectivity index is 0.00000300. The first-order valence-electron chi connectivity index (χ1n) is 10.0. The Kier molecular flexibility index (Phi) is 11.1. The molecule has 1 aliphatic heterocycles. The molecule has 1 aromatic heterocycles. The van der Waals surface area contributed by atoms with Crippen molar-refractivity contribution in [1.29, 1.82) is 0 Å². The molecule has 0 amide bonds. The van der Waals surface area contributed by atoms with Gasteiger partial charge in [0.1, 0.15) is 12.4 Å². The zero-order valence-corrected chi connectivity index (χ0v) is 19.4. The molecule has 0 saturated carbocycles. The van der Waals surface area contributed by atoms with Gasteiger partial charge >= 0.3 is 0 Å². The first kappa shape index (κ1) is 23.7. The highest BCUT2D eigenvalue weighted by Gasteiger charge is 2.24. The molecular weight excluding hydrogens is 481 g/mol. The van der Waals surface area contributed by atoms with Gasteiger partial charge in [0, 0.05) is 39.2 Å². The van der Waals surface area contributed by atoms with Gasteiger partial charge in [-0.3, -0.25) is 4.99 Å². The van der Waals surface area contributed by atoms with Crippen molar-refractivity contribution in [1.82, 2.24) is 10.2 Å². The minimum absolute atomic E-state index is 0. The van der Waals surface area contributed by atoms with E-state index in [-0.39, 0.29) is 24.0 Å². The zero-order chi connectivity index (χ0) is 19.4. The van der Waals surface area contributed by atoms with E-state index in [1.165, 1.54) is 5.56 Å². The number of rotatable bonds is 10. The Bertz CT molecular complexity index is 695. The molecule has 29 heavy (non-hydrogen) atoms. The van der Waals surface area contributed by atoms with Crippen LogP contribution in [0.2, 0.25) is 0 Å². The molecule has 2 heterocycles. The molecule has 160 valence electrons. The number of guanidine groups is 1. The quantitative estimate of drug-likeness (QED) is 0.226. The number of likely N-dealkylation sites (tertiary alicyclic amines) is 1. The van der Waals surface area contributed by atoms with Crippen LogP contribution >= 0.6 is 24.0 Å². The van der Waals surface area contributed by atoms with Gasteiger partial charge in [0.2, 0.25) is 0 Å². The van der Waals surface area contributed by atoms with Gasteiger partial charge in [-0.2, -0.15) is 0 Å². The molecule has 1 atom stereocenters. The summed E-state index contributed by atoms with van der Waals surface area (Å²) in [6, 6.07) is 14.1. The first-order valence-corrected chi connectivity index (χ1v) is 10.0. The SMILES string of the molecule is CN=C(NCCCOCc1ccco1)N1CCC(COCc2ccccc2)C1.I. The predicted molar refractivity (Wildman–Crippen MR) is 126 cm³/mol. The summed E-state index contributed by atoms with van der Waals surface area (Å²) in [4.78, 5) is 6.75. The van der Waals surface area contributed by atoms with Crippen molar-refractivity contribution < 1.29 is 13.9 Å². The topological polar surface area (TPSA) is 59.2 Å². The predicted octanol–water partition coefficient (Wildman–Crippen LogP) is 3.92. The third-order valence-corrected chi connectivity index (χ3v) is 4.84. The van der Waals surface area contributed by atoms with Gasteiger partial charge in [0.25, 0.3) is 0 Å². The fourth-order valence-corrected chi connectivity index (χ4v) is 3.35. The van der Waals surface area contributed by atoms with E-state index in [9.17, 15) is 0 Å². The molecule has 7 heteroatoms. The number of halogens is 1. The smallest absolute Gasteiger partial charge is 0.193 e. The number of hydrogen-bond acceptors (Lipinski definition) is 4. The molecule has 1 N–H and O–H groups in total. The lowest BCUT2D eigenvalue weighted by atomic mass is 10.1. The molecule has 1 aliphatic rings. The van der Waals surface area contributed by atoms with Gasteiger partial charge in [-0.1, -0.05) is 30.3 Å². The molecule has 2 aromatic rings. The molecule has 0 radical (unpaired) electrons. The van der Waals surface area contributed by atoms with Gasteiger partial charge in [-0.25, -0.2) is 0 Å². The Morgan fingerprint density at radius 3 is 2.79 bits per heavy atom. The molecular formula is C22H32IN3O3. The van der Waals surface area contributed by atoms with E-state index in [0.29, 0.717) is 25.7 Å². The van der Waals surface area contributed by atoms with Crippen molar-refractivity contribution in [2.75, 3.05) is 39.9 Å². The van der Waals surface area contributed by atoms with E-state index in [1.807, 2.05) is 37.4 Å². The Hall–Kier alpha value is -1.58. The number of aliphatic imine (C=N–C) groups is 1. The van der Waals surface area contributed by atoms with E-state index in [4.69, 9.17) is 13.9 Å². The number of furan rings is 1. The largest absolute Gasteiger partial charge is 0.467 e. The van der Waals surface area contributed by atoms with Crippen molar-refractivity contribution in [2.24, 2.45) is 10.9 Å². The monoisotopic (exact) mass is 513 g/mol. The summed E-state index contributed by atoms with van der Waals surface area (Å²) in [6.45, 7) is 5.55.